The molecule has 0 aliphatic heterocycles. The van der Waals surface area contributed by atoms with Crippen molar-refractivity contribution in [1.82, 2.24) is 15.1 Å². The molecule has 0 aliphatic rings. The van der Waals surface area contributed by atoms with E-state index in [1.807, 2.05) is 0 Å². The average Bonchev–Trinajstić information content (AvgIpc) is 2.72. The molecule has 0 radical (unpaired) electrons. The van der Waals surface area contributed by atoms with Gasteiger partial charge in [-0.3, -0.25) is 4.68 Å². The number of nitrogens with one attached hydrogen (secondary N) is 1. The van der Waals surface area contributed by atoms with Gasteiger partial charge in [-0.2, -0.15) is 5.10 Å². The molecule has 0 spiro atoms. The summed E-state index contributed by atoms with van der Waals surface area (Å²) in [6.45, 7) is 0.408. The summed E-state index contributed by atoms with van der Waals surface area (Å²) in [5.41, 5.74) is 0. The van der Waals surface area contributed by atoms with Crippen LogP contribution in [-0.2, 0) is 6.54 Å². The van der Waals surface area contributed by atoms with Crippen molar-refractivity contribution >= 4 is 0 Å². The molecule has 0 amide bonds. The summed E-state index contributed by atoms with van der Waals surface area (Å²) in [5.74, 6) is 0. The summed E-state index contributed by atoms with van der Waals surface area (Å²) in [6.07, 6.45) is 2.81. The molecule has 0 bridgehead atoms. The van der Waals surface area contributed by atoms with Crippen LogP contribution in [0, 0.1) is 0 Å². The Morgan fingerprint density at radius 1 is 1.33 bits per heavy atom. The predicted molar refractivity (Wildman–Crippen MR) is 54.2 cm³/mol. The van der Waals surface area contributed by atoms with Crippen molar-refractivity contribution in [3.8, 4) is 0 Å². The van der Waals surface area contributed by atoms with Crippen LogP contribution >= 0.6 is 0 Å². The first-order valence-corrected chi connectivity index (χ1v) is 4.87. The quantitative estimate of drug-likeness (QED) is 0.430. The zero-order chi connectivity index (χ0) is 11.1. The third kappa shape index (κ3) is 4.39. The lowest BCUT2D eigenvalue weighted by Crippen LogP contribution is -2.41. The van der Waals surface area contributed by atoms with Crippen molar-refractivity contribution in [2.45, 2.75) is 18.7 Å². The van der Waals surface area contributed by atoms with Crippen molar-refractivity contribution < 1.29 is 15.3 Å². The van der Waals surface area contributed by atoms with E-state index in [0.29, 0.717) is 13.1 Å². The number of hydrogen-bond acceptors (Lipinski definition) is 5. The normalized spacial score (nSPS) is 13.3. The molecule has 0 aliphatic carbocycles. The molecule has 0 fully saturated rings. The topological polar surface area (TPSA) is 90.5 Å². The van der Waals surface area contributed by atoms with E-state index in [1.54, 1.807) is 23.1 Å². The highest BCUT2D eigenvalue weighted by atomic mass is 16.3. The van der Waals surface area contributed by atoms with E-state index in [-0.39, 0.29) is 19.3 Å². The molecule has 6 heteroatoms. The minimum Gasteiger partial charge on any atom is -0.395 e. The molecule has 1 aromatic heterocycles. The molecule has 6 nitrogen and oxygen atoms in total. The van der Waals surface area contributed by atoms with Crippen molar-refractivity contribution in [2.24, 2.45) is 0 Å². The monoisotopic (exact) mass is 215 g/mol. The Bertz CT molecular complexity index is 249. The fraction of sp³-hybridized carbons (Fsp3) is 0.667. The van der Waals surface area contributed by atoms with Crippen LogP contribution in [0.2, 0.25) is 0 Å². The van der Waals surface area contributed by atoms with Gasteiger partial charge in [0.25, 0.3) is 0 Å². The maximum Gasteiger partial charge on any atom is 0.0860 e. The van der Waals surface area contributed by atoms with Gasteiger partial charge in [-0.05, 0) is 6.07 Å². The van der Waals surface area contributed by atoms with Crippen molar-refractivity contribution in [3.05, 3.63) is 18.5 Å². The predicted octanol–water partition coefficient (Wildman–Crippen LogP) is -1.81. The van der Waals surface area contributed by atoms with Crippen LogP contribution in [0.3, 0.4) is 0 Å². The number of hydrogen-bond donors (Lipinski definition) is 4. The van der Waals surface area contributed by atoms with E-state index < -0.39 is 6.10 Å². The van der Waals surface area contributed by atoms with Crippen LogP contribution in [0.5, 0.6) is 0 Å². The van der Waals surface area contributed by atoms with Crippen LogP contribution in [0.15, 0.2) is 18.5 Å². The van der Waals surface area contributed by atoms with E-state index in [1.165, 1.54) is 0 Å². The molecule has 0 saturated carbocycles. The SMILES string of the molecule is OCC(CO)NCC(O)Cn1cccn1. The number of rotatable bonds is 7. The fourth-order valence-electron chi connectivity index (χ4n) is 1.18. The van der Waals surface area contributed by atoms with Crippen LogP contribution in [0.1, 0.15) is 0 Å². The third-order valence-corrected chi connectivity index (χ3v) is 2.04. The molecular formula is C9H17N3O3. The Hall–Kier alpha value is -0.950. The largest absolute Gasteiger partial charge is 0.395 e. The van der Waals surface area contributed by atoms with Gasteiger partial charge in [0, 0.05) is 18.9 Å². The van der Waals surface area contributed by atoms with Gasteiger partial charge in [-0.25, -0.2) is 0 Å². The van der Waals surface area contributed by atoms with E-state index >= 15 is 0 Å². The molecule has 1 aromatic rings. The lowest BCUT2D eigenvalue weighted by atomic mass is 10.3. The minimum atomic E-state index is -0.592. The summed E-state index contributed by atoms with van der Waals surface area (Å²) >= 11 is 0. The number of aliphatic hydroxyl groups excluding tert-OH is 3. The minimum absolute atomic E-state index is 0.148. The summed E-state index contributed by atoms with van der Waals surface area (Å²) in [4.78, 5) is 0. The highest BCUT2D eigenvalue weighted by molar-refractivity contribution is 4.79. The standard InChI is InChI=1S/C9H17N3O3/c13-6-8(7-14)10-4-9(15)5-12-3-1-2-11-12/h1-3,8-10,13-15H,4-7H2. The summed E-state index contributed by atoms with van der Waals surface area (Å²) < 4.78 is 1.62. The van der Waals surface area contributed by atoms with Crippen molar-refractivity contribution in [3.63, 3.8) is 0 Å². The molecule has 0 aromatic carbocycles. The maximum atomic E-state index is 9.57. The Labute approximate surface area is 88.2 Å². The second kappa shape index (κ2) is 6.52. The van der Waals surface area contributed by atoms with Gasteiger partial charge in [0.05, 0.1) is 31.9 Å². The van der Waals surface area contributed by atoms with Crippen LogP contribution < -0.4 is 5.32 Å². The molecule has 15 heavy (non-hydrogen) atoms. The van der Waals surface area contributed by atoms with E-state index in [0.717, 1.165) is 0 Å². The van der Waals surface area contributed by atoms with Gasteiger partial charge in [0.2, 0.25) is 0 Å². The molecule has 0 saturated heterocycles. The first-order valence-electron chi connectivity index (χ1n) is 4.87. The second-order valence-corrected chi connectivity index (χ2v) is 3.35. The van der Waals surface area contributed by atoms with Crippen LogP contribution in [-0.4, -0.2) is 57.0 Å². The molecule has 4 N–H and O–H groups in total. The first-order chi connectivity index (χ1) is 7.26. The number of aromatic nitrogens is 2. The van der Waals surface area contributed by atoms with E-state index in [4.69, 9.17) is 10.2 Å². The highest BCUT2D eigenvalue weighted by Gasteiger charge is 2.09. The van der Waals surface area contributed by atoms with Gasteiger partial charge in [0.1, 0.15) is 0 Å². The fourth-order valence-corrected chi connectivity index (χ4v) is 1.18. The summed E-state index contributed by atoms with van der Waals surface area (Å²) in [5, 5.41) is 33.9. The maximum absolute atomic E-state index is 9.57. The molecule has 1 rings (SSSR count). The highest BCUT2D eigenvalue weighted by Crippen LogP contribution is 1.91. The Kier molecular flexibility index (Phi) is 5.27. The lowest BCUT2D eigenvalue weighted by Gasteiger charge is -2.16. The third-order valence-electron chi connectivity index (χ3n) is 2.04. The molecular weight excluding hydrogens is 198 g/mol. The number of aliphatic hydroxyl groups is 3. The van der Waals surface area contributed by atoms with E-state index in [2.05, 4.69) is 10.4 Å². The van der Waals surface area contributed by atoms with Crippen molar-refractivity contribution in [1.29, 1.82) is 0 Å². The average molecular weight is 215 g/mol. The summed E-state index contributed by atoms with van der Waals surface area (Å²) in [6, 6.07) is 1.40. The van der Waals surface area contributed by atoms with Crippen molar-refractivity contribution in [2.75, 3.05) is 19.8 Å². The molecule has 1 heterocycles. The van der Waals surface area contributed by atoms with Gasteiger partial charge in [0.15, 0.2) is 0 Å². The van der Waals surface area contributed by atoms with Gasteiger partial charge >= 0.3 is 0 Å². The van der Waals surface area contributed by atoms with Gasteiger partial charge in [-0.1, -0.05) is 0 Å². The van der Waals surface area contributed by atoms with Gasteiger partial charge in [-0.15, -0.1) is 0 Å². The zero-order valence-electron chi connectivity index (χ0n) is 8.45. The smallest absolute Gasteiger partial charge is 0.0860 e. The molecule has 1 atom stereocenters. The Morgan fingerprint density at radius 3 is 2.60 bits per heavy atom. The zero-order valence-corrected chi connectivity index (χ0v) is 8.45. The summed E-state index contributed by atoms with van der Waals surface area (Å²) in [7, 11) is 0. The Morgan fingerprint density at radius 2 is 2.07 bits per heavy atom. The second-order valence-electron chi connectivity index (χ2n) is 3.35. The molecule has 86 valence electrons. The van der Waals surface area contributed by atoms with E-state index in [9.17, 15) is 5.11 Å². The number of nitrogens with zero attached hydrogens (tertiary/aromatic N) is 2. The van der Waals surface area contributed by atoms with Gasteiger partial charge < -0.3 is 20.6 Å². The van der Waals surface area contributed by atoms with Crippen LogP contribution in [0.25, 0.3) is 0 Å². The Balaban J connectivity index is 2.21. The van der Waals surface area contributed by atoms with Crippen LogP contribution in [0.4, 0.5) is 0 Å². The lowest BCUT2D eigenvalue weighted by molar-refractivity contribution is 0.121. The molecule has 1 unspecified atom stereocenters. The first kappa shape index (κ1) is 12.1.